The van der Waals surface area contributed by atoms with Crippen LogP contribution in [0.5, 0.6) is 0 Å². The van der Waals surface area contributed by atoms with Crippen molar-refractivity contribution in [3.8, 4) is 0 Å². The number of ether oxygens (including phenoxy) is 2. The standard InChI is InChI=1S/C28H25NO3/c1-29-23-15-9-8-14-22(23)25-24(20-10-4-2-5-11-20)27(19-31-16-17-32-27)18-28(25,26(29)30)21-12-6-3-7-13-21/h2-15H,16-19H2,1H3. The van der Waals surface area contributed by atoms with Crippen LogP contribution in [0, 0.1) is 0 Å². The Morgan fingerprint density at radius 2 is 1.50 bits per heavy atom. The fraction of sp³-hybridized carbons (Fsp3) is 0.250. The maximum absolute atomic E-state index is 14.3. The number of hydrogen-bond acceptors (Lipinski definition) is 3. The average molecular weight is 424 g/mol. The SMILES string of the molecule is CN1C(=O)C2(c3ccccc3)CC3(COCCO3)C(c3ccccc3)=C2c2ccccc21. The minimum absolute atomic E-state index is 0.0804. The van der Waals surface area contributed by atoms with Crippen molar-refractivity contribution >= 4 is 22.7 Å². The van der Waals surface area contributed by atoms with Crippen molar-refractivity contribution < 1.29 is 14.3 Å². The van der Waals surface area contributed by atoms with Crippen LogP contribution in [0.25, 0.3) is 11.1 Å². The Bertz CT molecular complexity index is 1210. The lowest BCUT2D eigenvalue weighted by Crippen LogP contribution is -2.51. The molecule has 3 aromatic rings. The molecule has 0 bridgehead atoms. The highest BCUT2D eigenvalue weighted by atomic mass is 16.6. The highest BCUT2D eigenvalue weighted by molar-refractivity contribution is 6.22. The molecule has 2 unspecified atom stereocenters. The van der Waals surface area contributed by atoms with Crippen molar-refractivity contribution in [2.75, 3.05) is 31.8 Å². The molecule has 4 nitrogen and oxygen atoms in total. The summed E-state index contributed by atoms with van der Waals surface area (Å²) < 4.78 is 12.6. The number of fused-ring (bicyclic) bond motifs is 3. The number of benzene rings is 3. The van der Waals surface area contributed by atoms with E-state index in [0.29, 0.717) is 26.2 Å². The predicted molar refractivity (Wildman–Crippen MR) is 125 cm³/mol. The average Bonchev–Trinajstić information content (AvgIpc) is 3.15. The lowest BCUT2D eigenvalue weighted by atomic mass is 9.68. The van der Waals surface area contributed by atoms with Crippen LogP contribution in [0.3, 0.4) is 0 Å². The predicted octanol–water partition coefficient (Wildman–Crippen LogP) is 4.70. The molecule has 1 saturated heterocycles. The monoisotopic (exact) mass is 423 g/mol. The van der Waals surface area contributed by atoms with Crippen molar-refractivity contribution in [2.45, 2.75) is 17.4 Å². The minimum atomic E-state index is -0.837. The van der Waals surface area contributed by atoms with Crippen molar-refractivity contribution in [1.82, 2.24) is 0 Å². The van der Waals surface area contributed by atoms with Gasteiger partial charge in [-0.15, -0.1) is 0 Å². The van der Waals surface area contributed by atoms with Gasteiger partial charge in [-0.2, -0.15) is 0 Å². The van der Waals surface area contributed by atoms with E-state index in [9.17, 15) is 4.79 Å². The van der Waals surface area contributed by atoms with E-state index in [1.54, 1.807) is 0 Å². The number of carbonyl (C=O) groups is 1. The Hall–Kier alpha value is -3.21. The first-order valence-corrected chi connectivity index (χ1v) is 11.1. The number of likely N-dealkylation sites (N-methyl/N-ethyl adjacent to an activating group) is 1. The van der Waals surface area contributed by atoms with Gasteiger partial charge in [-0.1, -0.05) is 78.9 Å². The zero-order valence-corrected chi connectivity index (χ0v) is 18.1. The molecule has 0 radical (unpaired) electrons. The van der Waals surface area contributed by atoms with E-state index < -0.39 is 11.0 Å². The summed E-state index contributed by atoms with van der Waals surface area (Å²) in [5, 5.41) is 0. The van der Waals surface area contributed by atoms with E-state index in [1.165, 1.54) is 0 Å². The van der Waals surface area contributed by atoms with Gasteiger partial charge in [-0.05, 0) is 28.3 Å². The van der Waals surface area contributed by atoms with Crippen LogP contribution in [-0.2, 0) is 19.7 Å². The summed E-state index contributed by atoms with van der Waals surface area (Å²) in [6.07, 6.45) is 0.529. The summed E-state index contributed by atoms with van der Waals surface area (Å²) in [5.74, 6) is 0.0804. The molecule has 4 heteroatoms. The van der Waals surface area contributed by atoms with Crippen LogP contribution in [0.15, 0.2) is 84.9 Å². The first-order chi connectivity index (χ1) is 15.7. The molecule has 2 atom stereocenters. The summed E-state index contributed by atoms with van der Waals surface area (Å²) in [6, 6.07) is 28.7. The number of para-hydroxylation sites is 1. The summed E-state index contributed by atoms with van der Waals surface area (Å²) >= 11 is 0. The molecule has 0 N–H and O–H groups in total. The van der Waals surface area contributed by atoms with Gasteiger partial charge in [0.15, 0.2) is 0 Å². The molecule has 2 aliphatic heterocycles. The first kappa shape index (κ1) is 19.5. The number of rotatable bonds is 2. The number of amides is 1. The molecule has 160 valence electrons. The summed E-state index contributed by atoms with van der Waals surface area (Å²) in [4.78, 5) is 16.1. The molecule has 1 spiro atoms. The number of hydrogen-bond donors (Lipinski definition) is 0. The van der Waals surface area contributed by atoms with Gasteiger partial charge in [0.1, 0.15) is 11.0 Å². The molecular formula is C28H25NO3. The first-order valence-electron chi connectivity index (χ1n) is 11.1. The van der Waals surface area contributed by atoms with Crippen LogP contribution in [0.2, 0.25) is 0 Å². The summed E-state index contributed by atoms with van der Waals surface area (Å²) in [6.45, 7) is 1.52. The topological polar surface area (TPSA) is 38.8 Å². The van der Waals surface area contributed by atoms with Gasteiger partial charge < -0.3 is 14.4 Å². The number of nitrogens with zero attached hydrogens (tertiary/aromatic N) is 1. The Kier molecular flexibility index (Phi) is 4.36. The maximum Gasteiger partial charge on any atom is 0.242 e. The van der Waals surface area contributed by atoms with Crippen LogP contribution < -0.4 is 4.90 Å². The highest BCUT2D eigenvalue weighted by Crippen LogP contribution is 2.63. The van der Waals surface area contributed by atoms with Gasteiger partial charge in [0.05, 0.1) is 25.5 Å². The molecule has 3 aliphatic rings. The second-order valence-corrected chi connectivity index (χ2v) is 8.84. The van der Waals surface area contributed by atoms with E-state index in [2.05, 4.69) is 36.4 Å². The number of carbonyl (C=O) groups excluding carboxylic acids is 1. The lowest BCUT2D eigenvalue weighted by Gasteiger charge is -2.42. The van der Waals surface area contributed by atoms with Gasteiger partial charge in [0, 0.05) is 19.0 Å². The van der Waals surface area contributed by atoms with E-state index in [4.69, 9.17) is 9.47 Å². The van der Waals surface area contributed by atoms with E-state index >= 15 is 0 Å². The molecule has 1 amide bonds. The van der Waals surface area contributed by atoms with Gasteiger partial charge in [-0.25, -0.2) is 0 Å². The fourth-order valence-corrected chi connectivity index (χ4v) is 5.89. The molecule has 0 saturated carbocycles. The van der Waals surface area contributed by atoms with Gasteiger partial charge in [0.25, 0.3) is 0 Å². The van der Waals surface area contributed by atoms with Crippen molar-refractivity contribution in [2.24, 2.45) is 0 Å². The maximum atomic E-state index is 14.3. The normalized spacial score (nSPS) is 26.9. The third kappa shape index (κ3) is 2.54. The fourth-order valence-electron chi connectivity index (χ4n) is 5.89. The molecule has 1 fully saturated rings. The van der Waals surface area contributed by atoms with Crippen LogP contribution in [0.1, 0.15) is 23.1 Å². The highest BCUT2D eigenvalue weighted by Gasteiger charge is 2.63. The van der Waals surface area contributed by atoms with Crippen molar-refractivity contribution in [3.05, 3.63) is 102 Å². The summed E-state index contributed by atoms with van der Waals surface area (Å²) in [5.41, 5.74) is 4.72. The molecule has 32 heavy (non-hydrogen) atoms. The van der Waals surface area contributed by atoms with E-state index in [1.807, 2.05) is 60.5 Å². The Morgan fingerprint density at radius 3 is 2.22 bits per heavy atom. The second kappa shape index (κ2) is 7.16. The second-order valence-electron chi connectivity index (χ2n) is 8.84. The Morgan fingerprint density at radius 1 is 0.812 bits per heavy atom. The molecule has 3 aromatic carbocycles. The van der Waals surface area contributed by atoms with Crippen molar-refractivity contribution in [1.29, 1.82) is 0 Å². The third-order valence-electron chi connectivity index (χ3n) is 7.16. The Balaban J connectivity index is 1.76. The quantitative estimate of drug-likeness (QED) is 0.600. The minimum Gasteiger partial charge on any atom is -0.376 e. The van der Waals surface area contributed by atoms with Crippen LogP contribution in [-0.4, -0.2) is 38.4 Å². The molecule has 1 aliphatic carbocycles. The van der Waals surface area contributed by atoms with Gasteiger partial charge in [-0.3, -0.25) is 4.79 Å². The van der Waals surface area contributed by atoms with Crippen LogP contribution in [0.4, 0.5) is 5.69 Å². The largest absolute Gasteiger partial charge is 0.376 e. The number of anilines is 1. The third-order valence-corrected chi connectivity index (χ3v) is 7.16. The summed E-state index contributed by atoms with van der Waals surface area (Å²) in [7, 11) is 1.88. The van der Waals surface area contributed by atoms with Gasteiger partial charge in [0.2, 0.25) is 5.91 Å². The molecule has 0 aromatic heterocycles. The lowest BCUT2D eigenvalue weighted by molar-refractivity contribution is -0.138. The van der Waals surface area contributed by atoms with E-state index in [-0.39, 0.29) is 5.91 Å². The van der Waals surface area contributed by atoms with Gasteiger partial charge >= 0.3 is 0 Å². The van der Waals surface area contributed by atoms with E-state index in [0.717, 1.165) is 33.5 Å². The zero-order valence-electron chi connectivity index (χ0n) is 18.1. The molecule has 2 heterocycles. The Labute approximate surface area is 188 Å². The zero-order chi connectivity index (χ0) is 21.8. The van der Waals surface area contributed by atoms with Crippen molar-refractivity contribution in [3.63, 3.8) is 0 Å². The molecular weight excluding hydrogens is 398 g/mol. The molecule has 6 rings (SSSR count). The smallest absolute Gasteiger partial charge is 0.242 e. The van der Waals surface area contributed by atoms with Crippen LogP contribution >= 0.6 is 0 Å².